The first-order valence-electron chi connectivity index (χ1n) is 6.01. The molecule has 0 spiro atoms. The van der Waals surface area contributed by atoms with Crippen LogP contribution in [-0.4, -0.2) is 28.5 Å². The molecule has 0 saturated heterocycles. The first-order chi connectivity index (χ1) is 8.13. The average Bonchev–Trinajstić information content (AvgIpc) is 2.28. The lowest BCUT2D eigenvalue weighted by Crippen LogP contribution is -2.26. The topological polar surface area (TPSA) is 66.9 Å². The summed E-state index contributed by atoms with van der Waals surface area (Å²) in [6.45, 7) is 6.77. The van der Waals surface area contributed by atoms with E-state index in [4.69, 9.17) is 0 Å². The van der Waals surface area contributed by atoms with E-state index in [1.165, 1.54) is 0 Å². The van der Waals surface area contributed by atoms with Gasteiger partial charge in [0.2, 0.25) is 5.95 Å². The SMILES string of the molecule is CCCCNC(=O)c1ccnc(NC(C)C)n1. The molecule has 0 bridgehead atoms. The maximum absolute atomic E-state index is 11.7. The molecule has 1 amide bonds. The van der Waals surface area contributed by atoms with Crippen LogP contribution in [0.1, 0.15) is 44.1 Å². The minimum atomic E-state index is -0.146. The van der Waals surface area contributed by atoms with Gasteiger partial charge >= 0.3 is 0 Å². The van der Waals surface area contributed by atoms with Crippen molar-refractivity contribution in [1.29, 1.82) is 0 Å². The number of unbranched alkanes of at least 4 members (excludes halogenated alkanes) is 1. The predicted octanol–water partition coefficient (Wildman–Crippen LogP) is 1.83. The van der Waals surface area contributed by atoms with E-state index in [0.717, 1.165) is 12.8 Å². The number of anilines is 1. The highest BCUT2D eigenvalue weighted by molar-refractivity contribution is 5.92. The van der Waals surface area contributed by atoms with Crippen LogP contribution < -0.4 is 10.6 Å². The van der Waals surface area contributed by atoms with Gasteiger partial charge in [0, 0.05) is 18.8 Å². The van der Waals surface area contributed by atoms with Gasteiger partial charge in [-0.2, -0.15) is 0 Å². The molecule has 0 saturated carbocycles. The van der Waals surface area contributed by atoms with Crippen LogP contribution in [0.4, 0.5) is 5.95 Å². The molecule has 0 unspecified atom stereocenters. The van der Waals surface area contributed by atoms with Crippen LogP contribution >= 0.6 is 0 Å². The normalized spacial score (nSPS) is 10.4. The zero-order valence-electron chi connectivity index (χ0n) is 10.7. The van der Waals surface area contributed by atoms with Gasteiger partial charge in [-0.3, -0.25) is 4.79 Å². The average molecular weight is 236 g/mol. The fourth-order valence-corrected chi connectivity index (χ4v) is 1.28. The first kappa shape index (κ1) is 13.4. The Balaban J connectivity index is 2.60. The van der Waals surface area contributed by atoms with Crippen molar-refractivity contribution < 1.29 is 4.79 Å². The van der Waals surface area contributed by atoms with Crippen LogP contribution in [0, 0.1) is 0 Å². The first-order valence-corrected chi connectivity index (χ1v) is 6.01. The molecular formula is C12H20N4O. The fourth-order valence-electron chi connectivity index (χ4n) is 1.28. The molecule has 1 heterocycles. The molecule has 0 fully saturated rings. The van der Waals surface area contributed by atoms with Crippen LogP contribution in [-0.2, 0) is 0 Å². The Kier molecular flexibility index (Phi) is 5.39. The Hall–Kier alpha value is -1.65. The zero-order chi connectivity index (χ0) is 12.7. The molecule has 1 aromatic heterocycles. The van der Waals surface area contributed by atoms with Gasteiger partial charge in [0.15, 0.2) is 0 Å². The van der Waals surface area contributed by atoms with Crippen molar-refractivity contribution in [3.05, 3.63) is 18.0 Å². The fraction of sp³-hybridized carbons (Fsp3) is 0.583. The van der Waals surface area contributed by atoms with E-state index in [9.17, 15) is 4.79 Å². The van der Waals surface area contributed by atoms with Gasteiger partial charge in [-0.25, -0.2) is 9.97 Å². The monoisotopic (exact) mass is 236 g/mol. The van der Waals surface area contributed by atoms with E-state index in [2.05, 4.69) is 27.5 Å². The summed E-state index contributed by atoms with van der Waals surface area (Å²) in [7, 11) is 0. The van der Waals surface area contributed by atoms with E-state index < -0.39 is 0 Å². The van der Waals surface area contributed by atoms with Crippen molar-refractivity contribution >= 4 is 11.9 Å². The standard InChI is InChI=1S/C12H20N4O/c1-4-5-7-13-11(17)10-6-8-14-12(16-10)15-9(2)3/h6,8-9H,4-5,7H2,1-3H3,(H,13,17)(H,14,15,16). The number of amides is 1. The highest BCUT2D eigenvalue weighted by Crippen LogP contribution is 2.02. The third-order valence-corrected chi connectivity index (χ3v) is 2.12. The molecule has 0 radical (unpaired) electrons. The number of carbonyl (C=O) groups is 1. The molecule has 17 heavy (non-hydrogen) atoms. The molecule has 0 aliphatic carbocycles. The second-order valence-corrected chi connectivity index (χ2v) is 4.17. The molecule has 5 heteroatoms. The third kappa shape index (κ3) is 4.80. The zero-order valence-corrected chi connectivity index (χ0v) is 10.7. The van der Waals surface area contributed by atoms with Gasteiger partial charge < -0.3 is 10.6 Å². The molecule has 1 aromatic rings. The van der Waals surface area contributed by atoms with Crippen LogP contribution in [0.15, 0.2) is 12.3 Å². The number of rotatable bonds is 6. The maximum atomic E-state index is 11.7. The second-order valence-electron chi connectivity index (χ2n) is 4.17. The van der Waals surface area contributed by atoms with Gasteiger partial charge in [0.25, 0.3) is 5.91 Å². The van der Waals surface area contributed by atoms with Crippen molar-refractivity contribution in [2.75, 3.05) is 11.9 Å². The van der Waals surface area contributed by atoms with Gasteiger partial charge in [0.1, 0.15) is 5.69 Å². The number of nitrogens with one attached hydrogen (secondary N) is 2. The molecule has 94 valence electrons. The highest BCUT2D eigenvalue weighted by atomic mass is 16.1. The van der Waals surface area contributed by atoms with Gasteiger partial charge in [-0.05, 0) is 26.3 Å². The molecule has 2 N–H and O–H groups in total. The second kappa shape index (κ2) is 6.83. The minimum absolute atomic E-state index is 0.146. The number of aromatic nitrogens is 2. The summed E-state index contributed by atoms with van der Waals surface area (Å²) in [6, 6.07) is 1.86. The Bertz CT molecular complexity index is 365. The third-order valence-electron chi connectivity index (χ3n) is 2.12. The lowest BCUT2D eigenvalue weighted by atomic mass is 10.3. The van der Waals surface area contributed by atoms with Crippen molar-refractivity contribution in [1.82, 2.24) is 15.3 Å². The smallest absolute Gasteiger partial charge is 0.270 e. The van der Waals surface area contributed by atoms with Crippen LogP contribution in [0.5, 0.6) is 0 Å². The number of hydrogen-bond donors (Lipinski definition) is 2. The number of carbonyl (C=O) groups excluding carboxylic acids is 1. The maximum Gasteiger partial charge on any atom is 0.270 e. The van der Waals surface area contributed by atoms with Crippen molar-refractivity contribution in [3.63, 3.8) is 0 Å². The van der Waals surface area contributed by atoms with Crippen LogP contribution in [0.25, 0.3) is 0 Å². The Morgan fingerprint density at radius 2 is 2.24 bits per heavy atom. The molecule has 0 aliphatic rings. The van der Waals surface area contributed by atoms with Crippen LogP contribution in [0.2, 0.25) is 0 Å². The Morgan fingerprint density at radius 3 is 2.88 bits per heavy atom. The van der Waals surface area contributed by atoms with Crippen molar-refractivity contribution in [2.24, 2.45) is 0 Å². The van der Waals surface area contributed by atoms with E-state index >= 15 is 0 Å². The summed E-state index contributed by atoms with van der Waals surface area (Å²) in [5.74, 6) is 0.343. The van der Waals surface area contributed by atoms with E-state index in [1.807, 2.05) is 13.8 Å². The molecule has 0 atom stereocenters. The van der Waals surface area contributed by atoms with Crippen molar-refractivity contribution in [3.8, 4) is 0 Å². The Morgan fingerprint density at radius 1 is 1.47 bits per heavy atom. The van der Waals surface area contributed by atoms with E-state index in [-0.39, 0.29) is 11.9 Å². The Labute approximate surface area is 102 Å². The largest absolute Gasteiger partial charge is 0.352 e. The summed E-state index contributed by atoms with van der Waals surface area (Å²) in [6.07, 6.45) is 3.63. The van der Waals surface area contributed by atoms with Gasteiger partial charge in [-0.15, -0.1) is 0 Å². The molecule has 0 aromatic carbocycles. The summed E-state index contributed by atoms with van der Waals surface area (Å²) < 4.78 is 0. The molecule has 1 rings (SSSR count). The summed E-state index contributed by atoms with van der Waals surface area (Å²) >= 11 is 0. The number of hydrogen-bond acceptors (Lipinski definition) is 4. The van der Waals surface area contributed by atoms with Gasteiger partial charge in [-0.1, -0.05) is 13.3 Å². The van der Waals surface area contributed by atoms with Crippen LogP contribution in [0.3, 0.4) is 0 Å². The summed E-state index contributed by atoms with van der Waals surface area (Å²) in [5.41, 5.74) is 0.402. The predicted molar refractivity (Wildman–Crippen MR) is 68.0 cm³/mol. The van der Waals surface area contributed by atoms with E-state index in [1.54, 1.807) is 12.3 Å². The highest BCUT2D eigenvalue weighted by Gasteiger charge is 2.08. The van der Waals surface area contributed by atoms with Gasteiger partial charge in [0.05, 0.1) is 0 Å². The van der Waals surface area contributed by atoms with E-state index in [0.29, 0.717) is 18.2 Å². The lowest BCUT2D eigenvalue weighted by molar-refractivity contribution is 0.0948. The quantitative estimate of drug-likeness (QED) is 0.739. The number of nitrogens with zero attached hydrogens (tertiary/aromatic N) is 2. The van der Waals surface area contributed by atoms with Crippen molar-refractivity contribution in [2.45, 2.75) is 39.7 Å². The minimum Gasteiger partial charge on any atom is -0.352 e. The molecule has 0 aliphatic heterocycles. The molecular weight excluding hydrogens is 216 g/mol. The molecule has 5 nitrogen and oxygen atoms in total. The summed E-state index contributed by atoms with van der Waals surface area (Å²) in [4.78, 5) is 19.9. The summed E-state index contributed by atoms with van der Waals surface area (Å²) in [5, 5.41) is 5.89. The lowest BCUT2D eigenvalue weighted by Gasteiger charge is -2.09.